The summed E-state index contributed by atoms with van der Waals surface area (Å²) in [5.41, 5.74) is -0.749. The zero-order valence-electron chi connectivity index (χ0n) is 13.1. The number of amides is 1. The maximum absolute atomic E-state index is 13.5. The van der Waals surface area contributed by atoms with Crippen LogP contribution in [0.1, 0.15) is 48.7 Å². The molecule has 2 rings (SSSR count). The summed E-state index contributed by atoms with van der Waals surface area (Å²) in [7, 11) is 0. The van der Waals surface area contributed by atoms with Crippen LogP contribution in [0.4, 0.5) is 8.78 Å². The highest BCUT2D eigenvalue weighted by Gasteiger charge is 2.23. The van der Waals surface area contributed by atoms with Crippen molar-refractivity contribution in [3.8, 4) is 0 Å². The van der Waals surface area contributed by atoms with E-state index in [-0.39, 0.29) is 17.7 Å². The van der Waals surface area contributed by atoms with Gasteiger partial charge in [0.25, 0.3) is 5.91 Å². The Morgan fingerprint density at radius 3 is 2.48 bits per heavy atom. The van der Waals surface area contributed by atoms with Gasteiger partial charge in [-0.05, 0) is 12.1 Å². The standard InChI is InChI=1S/C16H18F2N2O3/c1-16(2,3)13-7-11(20-23-13)15(22)19-8-12(21)14-9(17)5-4-6-10(14)18/h4-7,12,21H,8H2,1-3H3,(H,19,22)/t12-/m0/s1. The Balaban J connectivity index is 2.03. The largest absolute Gasteiger partial charge is 0.386 e. The van der Waals surface area contributed by atoms with Gasteiger partial charge in [0.15, 0.2) is 5.69 Å². The van der Waals surface area contributed by atoms with Gasteiger partial charge in [-0.15, -0.1) is 0 Å². The summed E-state index contributed by atoms with van der Waals surface area (Å²) >= 11 is 0. The number of rotatable bonds is 4. The number of aromatic nitrogens is 1. The molecule has 1 amide bonds. The molecule has 0 aliphatic rings. The van der Waals surface area contributed by atoms with Gasteiger partial charge in [-0.2, -0.15) is 0 Å². The molecule has 0 fully saturated rings. The van der Waals surface area contributed by atoms with E-state index in [2.05, 4.69) is 10.5 Å². The summed E-state index contributed by atoms with van der Waals surface area (Å²) in [6.45, 7) is 5.36. The average molecular weight is 324 g/mol. The maximum Gasteiger partial charge on any atom is 0.273 e. The van der Waals surface area contributed by atoms with E-state index in [9.17, 15) is 18.7 Å². The molecule has 2 N–H and O–H groups in total. The van der Waals surface area contributed by atoms with Crippen molar-refractivity contribution in [1.29, 1.82) is 0 Å². The van der Waals surface area contributed by atoms with Gasteiger partial charge in [0, 0.05) is 18.0 Å². The predicted octanol–water partition coefficient (Wildman–Crippen LogP) is 2.71. The fraction of sp³-hybridized carbons (Fsp3) is 0.375. The Bertz CT molecular complexity index is 687. The van der Waals surface area contributed by atoms with Gasteiger partial charge in [0.2, 0.25) is 0 Å². The lowest BCUT2D eigenvalue weighted by molar-refractivity contribution is 0.0902. The Labute approximate surface area is 132 Å². The first-order chi connectivity index (χ1) is 10.7. The number of benzene rings is 1. The molecule has 1 aromatic carbocycles. The lowest BCUT2D eigenvalue weighted by atomic mass is 9.93. The maximum atomic E-state index is 13.5. The molecule has 0 radical (unpaired) electrons. The molecule has 0 spiro atoms. The van der Waals surface area contributed by atoms with Gasteiger partial charge in [-0.1, -0.05) is 32.0 Å². The summed E-state index contributed by atoms with van der Waals surface area (Å²) < 4.78 is 32.2. The highest BCUT2D eigenvalue weighted by Crippen LogP contribution is 2.23. The first-order valence-electron chi connectivity index (χ1n) is 7.07. The number of hydrogen-bond donors (Lipinski definition) is 2. The van der Waals surface area contributed by atoms with Gasteiger partial charge >= 0.3 is 0 Å². The second-order valence-electron chi connectivity index (χ2n) is 6.19. The molecule has 5 nitrogen and oxygen atoms in total. The SMILES string of the molecule is CC(C)(C)c1cc(C(=O)NC[C@H](O)c2c(F)cccc2F)no1. The number of nitrogens with zero attached hydrogens (tertiary/aromatic N) is 1. The van der Waals surface area contributed by atoms with Crippen molar-refractivity contribution in [3.05, 3.63) is 52.9 Å². The van der Waals surface area contributed by atoms with Gasteiger partial charge in [-0.3, -0.25) is 4.79 Å². The quantitative estimate of drug-likeness (QED) is 0.907. The molecule has 1 heterocycles. The van der Waals surface area contributed by atoms with Crippen molar-refractivity contribution in [3.63, 3.8) is 0 Å². The van der Waals surface area contributed by atoms with Crippen molar-refractivity contribution < 1.29 is 23.2 Å². The molecule has 1 aromatic heterocycles. The highest BCUT2D eigenvalue weighted by atomic mass is 19.1. The Kier molecular flexibility index (Phi) is 4.79. The van der Waals surface area contributed by atoms with Crippen LogP contribution >= 0.6 is 0 Å². The van der Waals surface area contributed by atoms with E-state index in [1.807, 2.05) is 20.8 Å². The minimum atomic E-state index is -1.51. The molecule has 0 aliphatic heterocycles. The van der Waals surface area contributed by atoms with Gasteiger partial charge in [0.05, 0.1) is 5.56 Å². The fourth-order valence-electron chi connectivity index (χ4n) is 1.95. The normalized spacial score (nSPS) is 13.0. The van der Waals surface area contributed by atoms with E-state index in [1.54, 1.807) is 0 Å². The Morgan fingerprint density at radius 1 is 1.35 bits per heavy atom. The summed E-state index contributed by atoms with van der Waals surface area (Å²) in [5.74, 6) is -1.81. The Morgan fingerprint density at radius 2 is 1.96 bits per heavy atom. The van der Waals surface area contributed by atoms with Crippen molar-refractivity contribution in [1.82, 2.24) is 10.5 Å². The topological polar surface area (TPSA) is 75.4 Å². The summed E-state index contributed by atoms with van der Waals surface area (Å²) in [6.07, 6.45) is -1.51. The molecule has 2 aromatic rings. The van der Waals surface area contributed by atoms with E-state index in [1.165, 1.54) is 12.1 Å². The zero-order chi connectivity index (χ0) is 17.2. The molecule has 7 heteroatoms. The van der Waals surface area contributed by atoms with Gasteiger partial charge in [0.1, 0.15) is 23.5 Å². The molecule has 0 bridgehead atoms. The van der Waals surface area contributed by atoms with E-state index in [0.29, 0.717) is 5.76 Å². The van der Waals surface area contributed by atoms with Crippen molar-refractivity contribution in [2.24, 2.45) is 0 Å². The third-order valence-corrected chi connectivity index (χ3v) is 3.27. The lowest BCUT2D eigenvalue weighted by Gasteiger charge is -2.13. The summed E-state index contributed by atoms with van der Waals surface area (Å²) in [6, 6.07) is 4.77. The smallest absolute Gasteiger partial charge is 0.273 e. The van der Waals surface area contributed by atoms with E-state index >= 15 is 0 Å². The van der Waals surface area contributed by atoms with E-state index in [4.69, 9.17) is 4.52 Å². The number of hydrogen-bond acceptors (Lipinski definition) is 4. The first-order valence-corrected chi connectivity index (χ1v) is 7.07. The molecular formula is C16H18F2N2O3. The average Bonchev–Trinajstić information content (AvgIpc) is 2.94. The lowest BCUT2D eigenvalue weighted by Crippen LogP contribution is -2.29. The second-order valence-corrected chi connectivity index (χ2v) is 6.19. The highest BCUT2D eigenvalue weighted by molar-refractivity contribution is 5.92. The Hall–Kier alpha value is -2.28. The van der Waals surface area contributed by atoms with Crippen LogP contribution in [-0.4, -0.2) is 22.7 Å². The number of aliphatic hydroxyl groups excluding tert-OH is 1. The van der Waals surface area contributed by atoms with Crippen molar-refractivity contribution in [2.75, 3.05) is 6.54 Å². The predicted molar refractivity (Wildman–Crippen MR) is 78.9 cm³/mol. The minimum absolute atomic E-state index is 0.0381. The zero-order valence-corrected chi connectivity index (χ0v) is 13.1. The van der Waals surface area contributed by atoms with Crippen LogP contribution < -0.4 is 5.32 Å². The van der Waals surface area contributed by atoms with Crippen LogP contribution in [0.25, 0.3) is 0 Å². The molecule has 1 atom stereocenters. The van der Waals surface area contributed by atoms with Crippen LogP contribution in [0.2, 0.25) is 0 Å². The molecule has 0 unspecified atom stereocenters. The molecule has 0 saturated heterocycles. The van der Waals surface area contributed by atoms with Crippen LogP contribution in [0.15, 0.2) is 28.8 Å². The monoisotopic (exact) mass is 324 g/mol. The van der Waals surface area contributed by atoms with Crippen LogP contribution in [0.5, 0.6) is 0 Å². The number of carbonyl (C=O) groups is 1. The summed E-state index contributed by atoms with van der Waals surface area (Å²) in [4.78, 5) is 12.0. The van der Waals surface area contributed by atoms with Crippen LogP contribution in [0.3, 0.4) is 0 Å². The van der Waals surface area contributed by atoms with Gasteiger partial charge < -0.3 is 14.9 Å². The van der Waals surface area contributed by atoms with Crippen LogP contribution in [0, 0.1) is 11.6 Å². The number of nitrogens with one attached hydrogen (secondary N) is 1. The molecular weight excluding hydrogens is 306 g/mol. The molecule has 0 saturated carbocycles. The summed E-state index contributed by atoms with van der Waals surface area (Å²) in [5, 5.41) is 15.9. The number of carbonyl (C=O) groups excluding carboxylic acids is 1. The number of halogens is 2. The molecule has 124 valence electrons. The second kappa shape index (κ2) is 6.45. The number of aliphatic hydroxyl groups is 1. The van der Waals surface area contributed by atoms with Gasteiger partial charge in [-0.25, -0.2) is 8.78 Å². The minimum Gasteiger partial charge on any atom is -0.386 e. The molecule has 23 heavy (non-hydrogen) atoms. The first kappa shape index (κ1) is 17.1. The third-order valence-electron chi connectivity index (χ3n) is 3.27. The third kappa shape index (κ3) is 3.92. The van der Waals surface area contributed by atoms with E-state index in [0.717, 1.165) is 12.1 Å². The molecule has 0 aliphatic carbocycles. The van der Waals surface area contributed by atoms with Crippen molar-refractivity contribution >= 4 is 5.91 Å². The van der Waals surface area contributed by atoms with Crippen molar-refractivity contribution in [2.45, 2.75) is 32.3 Å². The fourth-order valence-corrected chi connectivity index (χ4v) is 1.95. The van der Waals surface area contributed by atoms with E-state index < -0.39 is 29.2 Å². The van der Waals surface area contributed by atoms with Crippen LogP contribution in [-0.2, 0) is 5.41 Å².